The van der Waals surface area contributed by atoms with Gasteiger partial charge in [-0.05, 0) is 57.7 Å². The summed E-state index contributed by atoms with van der Waals surface area (Å²) in [7, 11) is -3.73. The molecule has 29 heavy (non-hydrogen) atoms. The number of sulfonamides is 1. The largest absolute Gasteiger partial charge is 0.444 e. The van der Waals surface area contributed by atoms with E-state index in [2.05, 4.69) is 9.71 Å². The maximum atomic E-state index is 12.8. The number of hydrogen-bond acceptors (Lipinski definition) is 5. The number of unbranched alkanes of at least 4 members (excludes halogenated alkanes) is 1. The molecule has 0 bridgehead atoms. The van der Waals surface area contributed by atoms with Crippen molar-refractivity contribution in [2.24, 2.45) is 0 Å². The number of amides is 1. The van der Waals surface area contributed by atoms with Gasteiger partial charge in [0.2, 0.25) is 10.0 Å². The summed E-state index contributed by atoms with van der Waals surface area (Å²) in [5.74, 6) is 0. The summed E-state index contributed by atoms with van der Waals surface area (Å²) in [6.07, 6.45) is 4.62. The van der Waals surface area contributed by atoms with Gasteiger partial charge in [0.05, 0.1) is 4.90 Å². The Kier molecular flexibility index (Phi) is 7.60. The van der Waals surface area contributed by atoms with Crippen LogP contribution in [0.2, 0.25) is 0 Å². The summed E-state index contributed by atoms with van der Waals surface area (Å²) in [5.41, 5.74) is -0.607. The van der Waals surface area contributed by atoms with Crippen molar-refractivity contribution in [3.63, 3.8) is 0 Å². The van der Waals surface area contributed by atoms with Gasteiger partial charge in [0.25, 0.3) is 0 Å². The van der Waals surface area contributed by atoms with Gasteiger partial charge in [-0.15, -0.1) is 0 Å². The second-order valence-corrected chi connectivity index (χ2v) is 9.90. The molecule has 7 nitrogen and oxygen atoms in total. The third-order valence-electron chi connectivity index (χ3n) is 4.21. The Morgan fingerprint density at radius 3 is 2.62 bits per heavy atom. The molecule has 2 rings (SSSR count). The van der Waals surface area contributed by atoms with E-state index in [1.54, 1.807) is 48.5 Å². The number of ether oxygens (including phenoxy) is 1. The molecule has 1 unspecified atom stereocenters. The van der Waals surface area contributed by atoms with Gasteiger partial charge >= 0.3 is 6.09 Å². The molecule has 0 spiro atoms. The van der Waals surface area contributed by atoms with Gasteiger partial charge in [-0.2, -0.15) is 0 Å². The first-order chi connectivity index (χ1) is 13.5. The maximum Gasteiger partial charge on any atom is 0.410 e. The highest BCUT2D eigenvalue weighted by Gasteiger charge is 2.25. The van der Waals surface area contributed by atoms with Crippen molar-refractivity contribution in [2.45, 2.75) is 64.0 Å². The van der Waals surface area contributed by atoms with Crippen LogP contribution >= 0.6 is 0 Å². The topological polar surface area (TPSA) is 88.6 Å². The predicted octanol–water partition coefficient (Wildman–Crippen LogP) is 3.94. The fraction of sp³-hybridized carbons (Fsp3) is 0.524. The van der Waals surface area contributed by atoms with Crippen LogP contribution in [-0.2, 0) is 14.8 Å². The lowest BCUT2D eigenvalue weighted by Gasteiger charge is -2.29. The molecule has 0 saturated heterocycles. The van der Waals surface area contributed by atoms with E-state index in [1.165, 1.54) is 0 Å². The third kappa shape index (κ3) is 6.97. The first-order valence-electron chi connectivity index (χ1n) is 9.86. The van der Waals surface area contributed by atoms with E-state index in [0.29, 0.717) is 6.54 Å². The van der Waals surface area contributed by atoms with Crippen LogP contribution in [0.1, 0.15) is 47.5 Å². The SMILES string of the molecule is CCCCN(CC(C)NS(=O)(=O)c1ccc2cnccc2c1)C(=O)OC(C)(C)C. The van der Waals surface area contributed by atoms with E-state index >= 15 is 0 Å². The monoisotopic (exact) mass is 421 g/mol. The van der Waals surface area contributed by atoms with Crippen LogP contribution in [0.5, 0.6) is 0 Å². The van der Waals surface area contributed by atoms with Crippen molar-refractivity contribution >= 4 is 26.9 Å². The second kappa shape index (κ2) is 9.54. The Bertz CT molecular complexity index is 938. The fourth-order valence-electron chi connectivity index (χ4n) is 2.86. The van der Waals surface area contributed by atoms with Crippen molar-refractivity contribution in [1.82, 2.24) is 14.6 Å². The van der Waals surface area contributed by atoms with Crippen molar-refractivity contribution < 1.29 is 17.9 Å². The molecule has 2 aromatic rings. The van der Waals surface area contributed by atoms with E-state index in [0.717, 1.165) is 23.6 Å². The third-order valence-corrected chi connectivity index (χ3v) is 5.79. The molecular formula is C21H31N3O4S. The van der Waals surface area contributed by atoms with Gasteiger partial charge in [0.1, 0.15) is 5.60 Å². The first kappa shape index (κ1) is 23.1. The van der Waals surface area contributed by atoms with Gasteiger partial charge in [-0.25, -0.2) is 17.9 Å². The number of aromatic nitrogens is 1. The Morgan fingerprint density at radius 2 is 1.97 bits per heavy atom. The van der Waals surface area contributed by atoms with Crippen LogP contribution in [-0.4, -0.2) is 49.1 Å². The van der Waals surface area contributed by atoms with Crippen LogP contribution in [0.15, 0.2) is 41.6 Å². The van der Waals surface area contributed by atoms with Gasteiger partial charge < -0.3 is 9.64 Å². The number of carbonyl (C=O) groups excluding carboxylic acids is 1. The molecule has 1 aromatic carbocycles. The van der Waals surface area contributed by atoms with Crippen LogP contribution in [0, 0.1) is 0 Å². The molecule has 1 N–H and O–H groups in total. The van der Waals surface area contributed by atoms with E-state index in [4.69, 9.17) is 4.74 Å². The van der Waals surface area contributed by atoms with E-state index in [-0.39, 0.29) is 11.4 Å². The highest BCUT2D eigenvalue weighted by atomic mass is 32.2. The standard InChI is InChI=1S/C21H31N3O4S/c1-6-7-12-24(20(25)28-21(3,4)5)15-16(2)23-29(26,27)19-9-8-18-14-22-11-10-17(18)13-19/h8-11,13-14,16,23H,6-7,12,15H2,1-5H3. The number of nitrogens with zero attached hydrogens (tertiary/aromatic N) is 2. The van der Waals surface area contributed by atoms with E-state index in [1.807, 2.05) is 27.7 Å². The lowest BCUT2D eigenvalue weighted by molar-refractivity contribution is 0.0236. The minimum atomic E-state index is -3.73. The summed E-state index contributed by atoms with van der Waals surface area (Å²) >= 11 is 0. The Hall–Kier alpha value is -2.19. The highest BCUT2D eigenvalue weighted by molar-refractivity contribution is 7.89. The van der Waals surface area contributed by atoms with Crippen molar-refractivity contribution in [3.8, 4) is 0 Å². The van der Waals surface area contributed by atoms with Crippen LogP contribution in [0.4, 0.5) is 4.79 Å². The second-order valence-electron chi connectivity index (χ2n) is 8.19. The quantitative estimate of drug-likeness (QED) is 0.697. The maximum absolute atomic E-state index is 12.8. The molecular weight excluding hydrogens is 390 g/mol. The first-order valence-corrected chi connectivity index (χ1v) is 11.3. The summed E-state index contributed by atoms with van der Waals surface area (Å²) in [4.78, 5) is 18.3. The summed E-state index contributed by atoms with van der Waals surface area (Å²) < 4.78 is 33.8. The smallest absolute Gasteiger partial charge is 0.410 e. The molecule has 1 atom stereocenters. The number of fused-ring (bicyclic) bond motifs is 1. The zero-order valence-corrected chi connectivity index (χ0v) is 18.6. The zero-order valence-electron chi connectivity index (χ0n) is 17.8. The van der Waals surface area contributed by atoms with Gasteiger partial charge in [-0.1, -0.05) is 19.4 Å². The average Bonchev–Trinajstić information content (AvgIpc) is 2.62. The molecule has 1 heterocycles. The molecule has 0 aliphatic carbocycles. The van der Waals surface area contributed by atoms with Gasteiger partial charge in [0.15, 0.2) is 0 Å². The van der Waals surface area contributed by atoms with Crippen molar-refractivity contribution in [2.75, 3.05) is 13.1 Å². The van der Waals surface area contributed by atoms with Crippen molar-refractivity contribution in [1.29, 1.82) is 0 Å². The molecule has 0 fully saturated rings. The normalized spacial score (nSPS) is 13.3. The van der Waals surface area contributed by atoms with Crippen LogP contribution in [0.25, 0.3) is 10.8 Å². The summed E-state index contributed by atoms with van der Waals surface area (Å²) in [5, 5.41) is 1.67. The Balaban J connectivity index is 2.11. The number of carbonyl (C=O) groups is 1. The molecule has 160 valence electrons. The number of benzene rings is 1. The number of nitrogens with one attached hydrogen (secondary N) is 1. The predicted molar refractivity (Wildman–Crippen MR) is 114 cm³/mol. The fourth-order valence-corrected chi connectivity index (χ4v) is 4.13. The summed E-state index contributed by atoms with van der Waals surface area (Å²) in [6, 6.07) is 6.21. The minimum absolute atomic E-state index is 0.181. The zero-order chi connectivity index (χ0) is 21.7. The minimum Gasteiger partial charge on any atom is -0.444 e. The van der Waals surface area contributed by atoms with Crippen LogP contribution < -0.4 is 4.72 Å². The van der Waals surface area contributed by atoms with Gasteiger partial charge in [0, 0.05) is 36.9 Å². The molecule has 0 aliphatic heterocycles. The van der Waals surface area contributed by atoms with Gasteiger partial charge in [-0.3, -0.25) is 4.98 Å². The number of pyridine rings is 1. The van der Waals surface area contributed by atoms with Crippen molar-refractivity contribution in [3.05, 3.63) is 36.7 Å². The van der Waals surface area contributed by atoms with Crippen LogP contribution in [0.3, 0.4) is 0 Å². The average molecular weight is 422 g/mol. The summed E-state index contributed by atoms with van der Waals surface area (Å²) in [6.45, 7) is 9.95. The Morgan fingerprint density at radius 1 is 1.24 bits per heavy atom. The van der Waals surface area contributed by atoms with E-state index in [9.17, 15) is 13.2 Å². The number of rotatable bonds is 8. The molecule has 1 aromatic heterocycles. The highest BCUT2D eigenvalue weighted by Crippen LogP contribution is 2.18. The molecule has 0 saturated carbocycles. The van der Waals surface area contributed by atoms with E-state index < -0.39 is 27.8 Å². The molecule has 0 radical (unpaired) electrons. The number of hydrogen-bond donors (Lipinski definition) is 1. The Labute approximate surface area is 173 Å². The molecule has 0 aliphatic rings. The lowest BCUT2D eigenvalue weighted by Crippen LogP contribution is -2.46. The molecule has 1 amide bonds. The lowest BCUT2D eigenvalue weighted by atomic mass is 10.2. The molecule has 8 heteroatoms.